The van der Waals surface area contributed by atoms with Crippen molar-refractivity contribution in [1.29, 1.82) is 0 Å². The van der Waals surface area contributed by atoms with Crippen LogP contribution in [-0.2, 0) is 13.0 Å². The van der Waals surface area contributed by atoms with Crippen LogP contribution < -0.4 is 10.1 Å². The number of aromatic nitrogens is 1. The van der Waals surface area contributed by atoms with Gasteiger partial charge in [-0.25, -0.2) is 0 Å². The van der Waals surface area contributed by atoms with E-state index in [0.29, 0.717) is 30.1 Å². The number of ether oxygens (including phenoxy) is 1. The highest BCUT2D eigenvalue weighted by molar-refractivity contribution is 6.04. The number of pyridine rings is 1. The van der Waals surface area contributed by atoms with Crippen LogP contribution in [0.15, 0.2) is 66.9 Å². The Balaban J connectivity index is 1.49. The first-order valence-electron chi connectivity index (χ1n) is 9.41. The van der Waals surface area contributed by atoms with Gasteiger partial charge in [0.1, 0.15) is 11.4 Å². The molecule has 0 radical (unpaired) electrons. The predicted molar refractivity (Wildman–Crippen MR) is 110 cm³/mol. The van der Waals surface area contributed by atoms with Gasteiger partial charge in [0.2, 0.25) is 0 Å². The molecule has 0 saturated carbocycles. The molecule has 4 rings (SSSR count). The number of methoxy groups -OCH3 is 1. The monoisotopic (exact) mass is 387 g/mol. The summed E-state index contributed by atoms with van der Waals surface area (Å²) in [4.78, 5) is 31.5. The minimum absolute atomic E-state index is 0.0997. The maximum Gasteiger partial charge on any atom is 0.274 e. The summed E-state index contributed by atoms with van der Waals surface area (Å²) in [5.41, 5.74) is 3.69. The van der Waals surface area contributed by atoms with E-state index in [4.69, 9.17) is 4.74 Å². The fraction of sp³-hybridized carbons (Fsp3) is 0.174. The Labute approximate surface area is 169 Å². The molecular weight excluding hydrogens is 366 g/mol. The lowest BCUT2D eigenvalue weighted by Crippen LogP contribution is -2.36. The van der Waals surface area contributed by atoms with Crippen molar-refractivity contribution in [2.75, 3.05) is 19.0 Å². The molecule has 1 N–H and O–H groups in total. The first-order chi connectivity index (χ1) is 14.1. The van der Waals surface area contributed by atoms with Gasteiger partial charge in [-0.05, 0) is 41.8 Å². The number of amides is 2. The molecule has 2 heterocycles. The number of fused-ring (bicyclic) bond motifs is 1. The molecule has 1 aromatic heterocycles. The van der Waals surface area contributed by atoms with Crippen LogP contribution in [0.1, 0.15) is 32.0 Å². The van der Waals surface area contributed by atoms with Crippen LogP contribution in [0.25, 0.3) is 0 Å². The standard InChI is InChI=1S/C23H21N3O3/c1-29-20-8-4-7-19(14-20)25-22(27)21-13-17(9-11-24-21)23(28)26-12-10-16-5-2-3-6-18(16)15-26/h2-9,11,13-14H,10,12,15H2,1H3,(H,25,27). The maximum atomic E-state index is 13.0. The van der Waals surface area contributed by atoms with Gasteiger partial charge in [-0.1, -0.05) is 30.3 Å². The highest BCUT2D eigenvalue weighted by atomic mass is 16.5. The molecule has 0 unspecified atom stereocenters. The fourth-order valence-electron chi connectivity index (χ4n) is 3.44. The van der Waals surface area contributed by atoms with E-state index in [1.165, 1.54) is 11.8 Å². The molecule has 0 bridgehead atoms. The third-order valence-electron chi connectivity index (χ3n) is 4.98. The number of rotatable bonds is 4. The number of hydrogen-bond acceptors (Lipinski definition) is 4. The molecule has 6 heteroatoms. The molecule has 2 aromatic carbocycles. The second-order valence-electron chi connectivity index (χ2n) is 6.86. The number of hydrogen-bond donors (Lipinski definition) is 1. The lowest BCUT2D eigenvalue weighted by Gasteiger charge is -2.29. The van der Waals surface area contributed by atoms with Gasteiger partial charge in [0.15, 0.2) is 0 Å². The van der Waals surface area contributed by atoms with Crippen LogP contribution in [0.5, 0.6) is 5.75 Å². The normalized spacial score (nSPS) is 12.8. The van der Waals surface area contributed by atoms with Crippen molar-refractivity contribution in [3.63, 3.8) is 0 Å². The Kier molecular flexibility index (Phi) is 5.24. The van der Waals surface area contributed by atoms with Crippen molar-refractivity contribution < 1.29 is 14.3 Å². The van der Waals surface area contributed by atoms with Crippen LogP contribution in [0.4, 0.5) is 5.69 Å². The van der Waals surface area contributed by atoms with E-state index >= 15 is 0 Å². The summed E-state index contributed by atoms with van der Waals surface area (Å²) < 4.78 is 5.17. The third kappa shape index (κ3) is 4.11. The van der Waals surface area contributed by atoms with Crippen LogP contribution in [0.2, 0.25) is 0 Å². The number of carbonyl (C=O) groups is 2. The predicted octanol–water partition coefficient (Wildman–Crippen LogP) is 3.54. The summed E-state index contributed by atoms with van der Waals surface area (Å²) in [5, 5.41) is 2.79. The summed E-state index contributed by atoms with van der Waals surface area (Å²) in [5.74, 6) is 0.166. The number of anilines is 1. The average Bonchev–Trinajstić information content (AvgIpc) is 2.78. The van der Waals surface area contributed by atoms with Crippen molar-refractivity contribution >= 4 is 17.5 Å². The molecule has 0 saturated heterocycles. The molecule has 0 spiro atoms. The fourth-order valence-corrected chi connectivity index (χ4v) is 3.44. The van der Waals surface area contributed by atoms with Crippen molar-refractivity contribution in [3.8, 4) is 5.75 Å². The smallest absolute Gasteiger partial charge is 0.274 e. The van der Waals surface area contributed by atoms with Crippen molar-refractivity contribution in [2.24, 2.45) is 0 Å². The lowest BCUT2D eigenvalue weighted by molar-refractivity contribution is 0.0734. The van der Waals surface area contributed by atoms with E-state index in [1.54, 1.807) is 48.4 Å². The van der Waals surface area contributed by atoms with E-state index in [0.717, 1.165) is 12.0 Å². The maximum absolute atomic E-state index is 13.0. The van der Waals surface area contributed by atoms with Crippen molar-refractivity contribution in [1.82, 2.24) is 9.88 Å². The third-order valence-corrected chi connectivity index (χ3v) is 4.98. The Morgan fingerprint density at radius 1 is 1.03 bits per heavy atom. The zero-order valence-corrected chi connectivity index (χ0v) is 16.1. The van der Waals surface area contributed by atoms with Gasteiger partial charge in [0, 0.05) is 36.6 Å². The zero-order chi connectivity index (χ0) is 20.2. The molecular formula is C23H21N3O3. The minimum atomic E-state index is -0.378. The molecule has 3 aromatic rings. The quantitative estimate of drug-likeness (QED) is 0.743. The Bertz CT molecular complexity index is 1060. The van der Waals surface area contributed by atoms with E-state index < -0.39 is 0 Å². The van der Waals surface area contributed by atoms with Gasteiger partial charge in [-0.15, -0.1) is 0 Å². The Morgan fingerprint density at radius 3 is 2.69 bits per heavy atom. The molecule has 0 aliphatic carbocycles. The largest absolute Gasteiger partial charge is 0.497 e. The number of carbonyl (C=O) groups excluding carboxylic acids is 2. The summed E-state index contributed by atoms with van der Waals surface area (Å²) in [6, 6.07) is 18.4. The molecule has 29 heavy (non-hydrogen) atoms. The molecule has 6 nitrogen and oxygen atoms in total. The Hall–Kier alpha value is -3.67. The lowest BCUT2D eigenvalue weighted by atomic mass is 9.99. The van der Waals surface area contributed by atoms with E-state index in [2.05, 4.69) is 16.4 Å². The molecule has 1 aliphatic rings. The van der Waals surface area contributed by atoms with Gasteiger partial charge in [0.05, 0.1) is 7.11 Å². The SMILES string of the molecule is COc1cccc(NC(=O)c2cc(C(=O)N3CCc4ccccc4C3)ccn2)c1. The minimum Gasteiger partial charge on any atom is -0.497 e. The van der Waals surface area contributed by atoms with E-state index in [1.807, 2.05) is 18.2 Å². The molecule has 0 atom stereocenters. The average molecular weight is 387 g/mol. The van der Waals surface area contributed by atoms with E-state index in [9.17, 15) is 9.59 Å². The molecule has 146 valence electrons. The van der Waals surface area contributed by atoms with Gasteiger partial charge in [0.25, 0.3) is 11.8 Å². The van der Waals surface area contributed by atoms with Gasteiger partial charge < -0.3 is 15.0 Å². The highest BCUT2D eigenvalue weighted by Gasteiger charge is 2.22. The molecule has 2 amide bonds. The second-order valence-corrected chi connectivity index (χ2v) is 6.86. The van der Waals surface area contributed by atoms with Gasteiger partial charge in [-0.2, -0.15) is 0 Å². The zero-order valence-electron chi connectivity index (χ0n) is 16.1. The van der Waals surface area contributed by atoms with Gasteiger partial charge in [-0.3, -0.25) is 14.6 Å². The van der Waals surface area contributed by atoms with Crippen molar-refractivity contribution in [3.05, 3.63) is 89.2 Å². The first-order valence-corrected chi connectivity index (χ1v) is 9.41. The van der Waals surface area contributed by atoms with Crippen LogP contribution in [0.3, 0.4) is 0 Å². The summed E-state index contributed by atoms with van der Waals surface area (Å²) >= 11 is 0. The highest BCUT2D eigenvalue weighted by Crippen LogP contribution is 2.21. The first kappa shape index (κ1) is 18.7. The van der Waals surface area contributed by atoms with Crippen molar-refractivity contribution in [2.45, 2.75) is 13.0 Å². The topological polar surface area (TPSA) is 71.5 Å². The summed E-state index contributed by atoms with van der Waals surface area (Å²) in [6.45, 7) is 1.23. The molecule has 0 fully saturated rings. The Morgan fingerprint density at radius 2 is 1.86 bits per heavy atom. The number of benzene rings is 2. The summed E-state index contributed by atoms with van der Waals surface area (Å²) in [6.07, 6.45) is 2.32. The van der Waals surface area contributed by atoms with E-state index in [-0.39, 0.29) is 17.5 Å². The van der Waals surface area contributed by atoms with Crippen LogP contribution in [0, 0.1) is 0 Å². The molecule has 1 aliphatic heterocycles. The van der Waals surface area contributed by atoms with Gasteiger partial charge >= 0.3 is 0 Å². The second kappa shape index (κ2) is 8.14. The van der Waals surface area contributed by atoms with Crippen LogP contribution >= 0.6 is 0 Å². The van der Waals surface area contributed by atoms with Crippen LogP contribution in [-0.4, -0.2) is 35.4 Å². The summed E-state index contributed by atoms with van der Waals surface area (Å²) in [7, 11) is 1.57. The number of nitrogens with one attached hydrogen (secondary N) is 1. The number of nitrogens with zero attached hydrogens (tertiary/aromatic N) is 2.